The van der Waals surface area contributed by atoms with Gasteiger partial charge in [0.1, 0.15) is 12.4 Å². The predicted molar refractivity (Wildman–Crippen MR) is 99.5 cm³/mol. The molecule has 0 aliphatic carbocycles. The minimum absolute atomic E-state index is 0.595. The largest absolute Gasteiger partial charge is 0.492 e. The van der Waals surface area contributed by atoms with Gasteiger partial charge in [-0.3, -0.25) is 4.90 Å². The zero-order chi connectivity index (χ0) is 17.1. The van der Waals surface area contributed by atoms with Crippen LogP contribution >= 0.6 is 0 Å². The Morgan fingerprint density at radius 1 is 1.20 bits per heavy atom. The van der Waals surface area contributed by atoms with Crippen molar-refractivity contribution in [1.29, 1.82) is 0 Å². The van der Waals surface area contributed by atoms with Crippen LogP contribution in [0.2, 0.25) is 0 Å². The second-order valence-corrected chi connectivity index (χ2v) is 6.47. The van der Waals surface area contributed by atoms with Gasteiger partial charge >= 0.3 is 0 Å². The molecule has 2 N–H and O–H groups in total. The van der Waals surface area contributed by atoms with Gasteiger partial charge in [0.05, 0.1) is 17.2 Å². The van der Waals surface area contributed by atoms with Gasteiger partial charge in [0.15, 0.2) is 0 Å². The van der Waals surface area contributed by atoms with Gasteiger partial charge in [0, 0.05) is 18.4 Å². The second kappa shape index (κ2) is 7.11. The van der Waals surface area contributed by atoms with Gasteiger partial charge in [0.25, 0.3) is 0 Å². The molecule has 6 nitrogen and oxygen atoms in total. The highest BCUT2D eigenvalue weighted by Crippen LogP contribution is 2.20. The molecule has 2 aromatic heterocycles. The van der Waals surface area contributed by atoms with Crippen LogP contribution in [0.5, 0.6) is 5.75 Å². The third-order valence-corrected chi connectivity index (χ3v) is 4.59. The Balaban J connectivity index is 1.35. The average molecular weight is 337 g/mol. The zero-order valence-corrected chi connectivity index (χ0v) is 14.5. The number of hydrogen-bond acceptors (Lipinski definition) is 5. The van der Waals surface area contributed by atoms with Crippen molar-refractivity contribution in [2.75, 3.05) is 31.6 Å². The van der Waals surface area contributed by atoms with Gasteiger partial charge in [-0.25, -0.2) is 9.97 Å². The molecule has 0 unspecified atom stereocenters. The minimum atomic E-state index is 0.595. The fourth-order valence-corrected chi connectivity index (χ4v) is 3.17. The molecule has 0 bridgehead atoms. The van der Waals surface area contributed by atoms with Gasteiger partial charge in [-0.1, -0.05) is 0 Å². The van der Waals surface area contributed by atoms with Crippen molar-refractivity contribution in [2.45, 2.75) is 19.8 Å². The Morgan fingerprint density at radius 2 is 2.00 bits per heavy atom. The van der Waals surface area contributed by atoms with Crippen LogP contribution in [0.15, 0.2) is 36.7 Å². The molecule has 0 atom stereocenters. The van der Waals surface area contributed by atoms with Crippen LogP contribution < -0.4 is 10.1 Å². The highest BCUT2D eigenvalue weighted by Gasteiger charge is 2.10. The van der Waals surface area contributed by atoms with Gasteiger partial charge in [-0.05, 0) is 62.7 Å². The number of nitrogens with zero attached hydrogens (tertiary/aromatic N) is 3. The van der Waals surface area contributed by atoms with Crippen molar-refractivity contribution >= 4 is 22.7 Å². The lowest BCUT2D eigenvalue weighted by molar-refractivity contribution is 0.238. The maximum atomic E-state index is 5.83. The molecule has 3 aromatic rings. The van der Waals surface area contributed by atoms with E-state index >= 15 is 0 Å². The molecule has 0 amide bonds. The van der Waals surface area contributed by atoms with E-state index in [0.717, 1.165) is 41.2 Å². The predicted octanol–water partition coefficient (Wildman–Crippen LogP) is 3.48. The Morgan fingerprint density at radius 3 is 2.80 bits per heavy atom. The lowest BCUT2D eigenvalue weighted by Gasteiger charge is -2.15. The van der Waals surface area contributed by atoms with Crippen LogP contribution in [-0.4, -0.2) is 46.1 Å². The second-order valence-electron chi connectivity index (χ2n) is 6.47. The summed E-state index contributed by atoms with van der Waals surface area (Å²) in [6.07, 6.45) is 6.37. The minimum Gasteiger partial charge on any atom is -0.492 e. The van der Waals surface area contributed by atoms with E-state index in [1.807, 2.05) is 37.4 Å². The van der Waals surface area contributed by atoms with E-state index < -0.39 is 0 Å². The summed E-state index contributed by atoms with van der Waals surface area (Å²) in [4.78, 5) is 14.5. The summed E-state index contributed by atoms with van der Waals surface area (Å²) in [6, 6.07) is 7.93. The number of H-pyrrole nitrogens is 1. The number of nitrogens with one attached hydrogen (secondary N) is 2. The molecule has 0 spiro atoms. The van der Waals surface area contributed by atoms with Crippen LogP contribution in [0.25, 0.3) is 11.0 Å². The van der Waals surface area contributed by atoms with Crippen LogP contribution in [0.4, 0.5) is 11.6 Å². The lowest BCUT2D eigenvalue weighted by atomic mass is 10.3. The van der Waals surface area contributed by atoms with E-state index in [1.165, 1.54) is 25.9 Å². The number of rotatable bonds is 6. The number of aromatic amines is 1. The molecule has 1 fully saturated rings. The highest BCUT2D eigenvalue weighted by atomic mass is 16.5. The van der Waals surface area contributed by atoms with Crippen LogP contribution in [0.3, 0.4) is 0 Å². The summed E-state index contributed by atoms with van der Waals surface area (Å²) in [6.45, 7) is 6.18. The van der Waals surface area contributed by atoms with E-state index in [9.17, 15) is 0 Å². The van der Waals surface area contributed by atoms with E-state index in [-0.39, 0.29) is 0 Å². The fourth-order valence-electron chi connectivity index (χ4n) is 3.17. The molecule has 130 valence electrons. The van der Waals surface area contributed by atoms with Gasteiger partial charge < -0.3 is 15.0 Å². The van der Waals surface area contributed by atoms with E-state index in [0.29, 0.717) is 5.95 Å². The average Bonchev–Trinajstić information content (AvgIpc) is 3.27. The topological polar surface area (TPSA) is 66.1 Å². The van der Waals surface area contributed by atoms with Crippen molar-refractivity contribution in [3.63, 3.8) is 0 Å². The molecule has 0 radical (unpaired) electrons. The third-order valence-electron chi connectivity index (χ3n) is 4.59. The molecule has 1 aromatic carbocycles. The lowest BCUT2D eigenvalue weighted by Crippen LogP contribution is -2.25. The number of aromatic nitrogens is 3. The number of anilines is 2. The molecule has 1 saturated heterocycles. The Kier molecular flexibility index (Phi) is 4.52. The van der Waals surface area contributed by atoms with Crippen molar-refractivity contribution in [1.82, 2.24) is 19.9 Å². The Hall–Kier alpha value is -2.60. The number of likely N-dealkylation sites (tertiary alicyclic amines) is 1. The summed E-state index contributed by atoms with van der Waals surface area (Å²) < 4.78 is 5.83. The summed E-state index contributed by atoms with van der Waals surface area (Å²) in [5.74, 6) is 1.49. The fraction of sp³-hybridized carbons (Fsp3) is 0.368. The number of hydrogen-bond donors (Lipinski definition) is 2. The SMILES string of the molecule is Cc1c[nH]c2cnc(Nc3ccc(OCCN4CCCC4)cc3)nc12. The van der Waals surface area contributed by atoms with Crippen molar-refractivity contribution in [3.8, 4) is 5.75 Å². The van der Waals surface area contributed by atoms with E-state index in [4.69, 9.17) is 4.74 Å². The van der Waals surface area contributed by atoms with E-state index in [1.54, 1.807) is 6.20 Å². The van der Waals surface area contributed by atoms with Gasteiger partial charge in [-0.15, -0.1) is 0 Å². The summed E-state index contributed by atoms with van der Waals surface area (Å²) >= 11 is 0. The van der Waals surface area contributed by atoms with Gasteiger partial charge in [-0.2, -0.15) is 0 Å². The highest BCUT2D eigenvalue weighted by molar-refractivity contribution is 5.79. The first-order chi connectivity index (χ1) is 12.3. The van der Waals surface area contributed by atoms with Crippen molar-refractivity contribution < 1.29 is 4.74 Å². The van der Waals surface area contributed by atoms with Crippen molar-refractivity contribution in [2.24, 2.45) is 0 Å². The molecule has 0 saturated carbocycles. The number of aryl methyl sites for hydroxylation is 1. The number of ether oxygens (including phenoxy) is 1. The monoisotopic (exact) mass is 337 g/mol. The smallest absolute Gasteiger partial charge is 0.227 e. The number of fused-ring (bicyclic) bond motifs is 1. The van der Waals surface area contributed by atoms with Crippen molar-refractivity contribution in [3.05, 3.63) is 42.2 Å². The molecular formula is C19H23N5O. The molecule has 1 aliphatic heterocycles. The van der Waals surface area contributed by atoms with Crippen LogP contribution in [0.1, 0.15) is 18.4 Å². The zero-order valence-electron chi connectivity index (χ0n) is 14.5. The normalized spacial score (nSPS) is 14.9. The Labute approximate surface area is 147 Å². The first-order valence-electron chi connectivity index (χ1n) is 8.81. The van der Waals surface area contributed by atoms with Gasteiger partial charge in [0.2, 0.25) is 5.95 Å². The molecule has 3 heterocycles. The molecular weight excluding hydrogens is 314 g/mol. The standard InChI is InChI=1S/C19H23N5O/c1-14-12-20-17-13-21-19(23-18(14)17)22-15-4-6-16(7-5-15)25-11-10-24-8-2-3-9-24/h4-7,12-13,20H,2-3,8-11H2,1H3,(H,21,22,23). The maximum Gasteiger partial charge on any atom is 0.227 e. The first kappa shape index (κ1) is 15.9. The maximum absolute atomic E-state index is 5.83. The summed E-state index contributed by atoms with van der Waals surface area (Å²) in [5, 5.41) is 3.24. The third kappa shape index (κ3) is 3.74. The van der Waals surface area contributed by atoms with E-state index in [2.05, 4.69) is 25.2 Å². The summed E-state index contributed by atoms with van der Waals surface area (Å²) in [5.41, 5.74) is 3.95. The number of benzene rings is 1. The van der Waals surface area contributed by atoms with Crippen LogP contribution in [0, 0.1) is 6.92 Å². The Bertz CT molecular complexity index is 837. The molecule has 4 rings (SSSR count). The van der Waals surface area contributed by atoms with Crippen LogP contribution in [-0.2, 0) is 0 Å². The quantitative estimate of drug-likeness (QED) is 0.721. The summed E-state index contributed by atoms with van der Waals surface area (Å²) in [7, 11) is 0. The molecule has 6 heteroatoms. The molecule has 1 aliphatic rings. The first-order valence-corrected chi connectivity index (χ1v) is 8.81. The molecule has 25 heavy (non-hydrogen) atoms.